The molecule has 0 saturated carbocycles. The fourth-order valence-electron chi connectivity index (χ4n) is 1.23. The maximum absolute atomic E-state index is 11.9. The largest absolute Gasteiger partial charge is 0.286 e. The molecule has 0 radical (unpaired) electrons. The number of rotatable bonds is 2. The Balaban J connectivity index is 2.36. The molecule has 76 valence electrons. The first-order valence-corrected chi connectivity index (χ1v) is 5.60. The van der Waals surface area contributed by atoms with Gasteiger partial charge in [-0.25, -0.2) is 4.98 Å². The Morgan fingerprint density at radius 1 is 1.33 bits per heavy atom. The van der Waals surface area contributed by atoms with Crippen molar-refractivity contribution in [3.05, 3.63) is 50.9 Å². The molecule has 2 nitrogen and oxygen atoms in total. The van der Waals surface area contributed by atoms with Gasteiger partial charge in [-0.3, -0.25) is 4.79 Å². The number of carbonyl (C=O) groups is 1. The predicted molar refractivity (Wildman–Crippen MR) is 61.7 cm³/mol. The van der Waals surface area contributed by atoms with Crippen molar-refractivity contribution in [3.8, 4) is 0 Å². The van der Waals surface area contributed by atoms with Crippen LogP contribution in [0.4, 0.5) is 0 Å². The Labute approximate surface area is 96.5 Å². The first-order valence-electron chi connectivity index (χ1n) is 4.40. The van der Waals surface area contributed by atoms with Crippen molar-refractivity contribution in [1.29, 1.82) is 0 Å². The van der Waals surface area contributed by atoms with Gasteiger partial charge in [-0.15, -0.1) is 11.3 Å². The van der Waals surface area contributed by atoms with Gasteiger partial charge in [0.05, 0.1) is 9.21 Å². The molecule has 0 amide bonds. The smallest absolute Gasteiger partial charge is 0.221 e. The highest BCUT2D eigenvalue weighted by Gasteiger charge is 2.12. The third-order valence-electron chi connectivity index (χ3n) is 1.92. The quantitative estimate of drug-likeness (QED) is 0.750. The topological polar surface area (TPSA) is 30.0 Å². The average molecular weight is 238 g/mol. The molecule has 0 aliphatic rings. The first-order chi connectivity index (χ1) is 7.16. The molecular weight excluding hydrogens is 230 g/mol. The summed E-state index contributed by atoms with van der Waals surface area (Å²) in [6.45, 7) is 1.86. The van der Waals surface area contributed by atoms with Crippen LogP contribution in [0.15, 0.2) is 30.3 Å². The second-order valence-corrected chi connectivity index (χ2v) is 4.81. The molecule has 15 heavy (non-hydrogen) atoms. The molecule has 0 aromatic carbocycles. The molecular formula is C11H8ClNOS. The van der Waals surface area contributed by atoms with Crippen LogP contribution in [-0.2, 0) is 0 Å². The zero-order valence-electron chi connectivity index (χ0n) is 8.03. The fraction of sp³-hybridized carbons (Fsp3) is 0.0909. The molecule has 2 heterocycles. The highest BCUT2D eigenvalue weighted by Crippen LogP contribution is 2.23. The summed E-state index contributed by atoms with van der Waals surface area (Å²) in [6.07, 6.45) is 0. The molecule has 0 bridgehead atoms. The lowest BCUT2D eigenvalue weighted by atomic mass is 10.2. The van der Waals surface area contributed by atoms with Crippen molar-refractivity contribution >= 4 is 28.7 Å². The molecule has 0 aliphatic carbocycles. The molecule has 2 rings (SSSR count). The van der Waals surface area contributed by atoms with E-state index >= 15 is 0 Å². The lowest BCUT2D eigenvalue weighted by Gasteiger charge is -1.97. The Kier molecular flexibility index (Phi) is 2.84. The maximum atomic E-state index is 11.9. The van der Waals surface area contributed by atoms with Gasteiger partial charge < -0.3 is 0 Å². The molecule has 0 atom stereocenters. The van der Waals surface area contributed by atoms with Crippen molar-refractivity contribution in [2.75, 3.05) is 0 Å². The number of hydrogen-bond acceptors (Lipinski definition) is 3. The zero-order chi connectivity index (χ0) is 10.8. The van der Waals surface area contributed by atoms with Gasteiger partial charge in [0, 0.05) is 5.69 Å². The summed E-state index contributed by atoms with van der Waals surface area (Å²) >= 11 is 7.04. The van der Waals surface area contributed by atoms with E-state index in [1.54, 1.807) is 18.2 Å². The van der Waals surface area contributed by atoms with E-state index in [1.807, 2.05) is 19.1 Å². The van der Waals surface area contributed by atoms with Gasteiger partial charge in [-0.2, -0.15) is 0 Å². The minimum Gasteiger partial charge on any atom is -0.286 e. The molecule has 4 heteroatoms. The second kappa shape index (κ2) is 4.13. The lowest BCUT2D eigenvalue weighted by Crippen LogP contribution is -2.02. The van der Waals surface area contributed by atoms with E-state index in [4.69, 9.17) is 11.6 Å². The molecule has 0 aliphatic heterocycles. The summed E-state index contributed by atoms with van der Waals surface area (Å²) in [5.74, 6) is -0.0735. The highest BCUT2D eigenvalue weighted by atomic mass is 35.5. The van der Waals surface area contributed by atoms with E-state index in [2.05, 4.69) is 4.98 Å². The molecule has 0 unspecified atom stereocenters. The molecule has 0 saturated heterocycles. The zero-order valence-corrected chi connectivity index (χ0v) is 9.60. The Bertz CT molecular complexity index is 507. The number of aromatic nitrogens is 1. The number of carbonyl (C=O) groups excluding carboxylic acids is 1. The molecule has 2 aromatic rings. The minimum atomic E-state index is -0.0735. The van der Waals surface area contributed by atoms with Crippen LogP contribution < -0.4 is 0 Å². The first kappa shape index (κ1) is 10.3. The van der Waals surface area contributed by atoms with Gasteiger partial charge in [0.2, 0.25) is 5.78 Å². The molecule has 0 fully saturated rings. The number of nitrogens with zero attached hydrogens (tertiary/aromatic N) is 1. The summed E-state index contributed by atoms with van der Waals surface area (Å²) < 4.78 is 0.617. The standard InChI is InChI=1S/C11H8ClNOS/c1-7-3-2-4-8(13-7)11(14)9-5-6-10(12)15-9/h2-6H,1H3. The molecule has 2 aromatic heterocycles. The SMILES string of the molecule is Cc1cccc(C(=O)c2ccc(Cl)s2)n1. The van der Waals surface area contributed by atoms with Gasteiger partial charge >= 0.3 is 0 Å². The van der Waals surface area contributed by atoms with Crippen LogP contribution in [0.3, 0.4) is 0 Å². The summed E-state index contributed by atoms with van der Waals surface area (Å²) in [4.78, 5) is 16.7. The van der Waals surface area contributed by atoms with E-state index in [0.29, 0.717) is 14.9 Å². The molecule has 0 N–H and O–H groups in total. The van der Waals surface area contributed by atoms with Gasteiger partial charge in [0.1, 0.15) is 5.69 Å². The summed E-state index contributed by atoms with van der Waals surface area (Å²) in [5.41, 5.74) is 1.30. The summed E-state index contributed by atoms with van der Waals surface area (Å²) in [7, 11) is 0. The van der Waals surface area contributed by atoms with Crippen molar-refractivity contribution in [1.82, 2.24) is 4.98 Å². The number of pyridine rings is 1. The van der Waals surface area contributed by atoms with Crippen LogP contribution in [0.25, 0.3) is 0 Å². The van der Waals surface area contributed by atoms with Gasteiger partial charge in [-0.05, 0) is 31.2 Å². The van der Waals surface area contributed by atoms with Gasteiger partial charge in [0.25, 0.3) is 0 Å². The fourth-order valence-corrected chi connectivity index (χ4v) is 2.22. The van der Waals surface area contributed by atoms with Crippen LogP contribution >= 0.6 is 22.9 Å². The monoisotopic (exact) mass is 237 g/mol. The number of halogens is 1. The van der Waals surface area contributed by atoms with E-state index < -0.39 is 0 Å². The Morgan fingerprint density at radius 2 is 2.13 bits per heavy atom. The lowest BCUT2D eigenvalue weighted by molar-refractivity contribution is 0.103. The third-order valence-corrected chi connectivity index (χ3v) is 3.15. The highest BCUT2D eigenvalue weighted by molar-refractivity contribution is 7.18. The second-order valence-electron chi connectivity index (χ2n) is 3.10. The number of thiophene rings is 1. The number of aryl methyl sites for hydroxylation is 1. The number of ketones is 1. The number of hydrogen-bond donors (Lipinski definition) is 0. The van der Waals surface area contributed by atoms with E-state index in [1.165, 1.54) is 11.3 Å². The van der Waals surface area contributed by atoms with Crippen LogP contribution in [-0.4, -0.2) is 10.8 Å². The Hall–Kier alpha value is -1.19. The van der Waals surface area contributed by atoms with E-state index in [-0.39, 0.29) is 5.78 Å². The van der Waals surface area contributed by atoms with Crippen LogP contribution in [0.5, 0.6) is 0 Å². The van der Waals surface area contributed by atoms with Crippen molar-refractivity contribution < 1.29 is 4.79 Å². The average Bonchev–Trinajstić information content (AvgIpc) is 2.64. The van der Waals surface area contributed by atoms with Crippen molar-refractivity contribution in [3.63, 3.8) is 0 Å². The molecule has 0 spiro atoms. The van der Waals surface area contributed by atoms with E-state index in [9.17, 15) is 4.79 Å². The van der Waals surface area contributed by atoms with Crippen molar-refractivity contribution in [2.24, 2.45) is 0 Å². The predicted octanol–water partition coefficient (Wildman–Crippen LogP) is 3.34. The van der Waals surface area contributed by atoms with E-state index in [0.717, 1.165) is 5.69 Å². The maximum Gasteiger partial charge on any atom is 0.221 e. The van der Waals surface area contributed by atoms with Crippen LogP contribution in [0.1, 0.15) is 21.1 Å². The normalized spacial score (nSPS) is 10.3. The summed E-state index contributed by atoms with van der Waals surface area (Å²) in [5, 5.41) is 0. The van der Waals surface area contributed by atoms with Gasteiger partial charge in [0.15, 0.2) is 0 Å². The van der Waals surface area contributed by atoms with Gasteiger partial charge in [-0.1, -0.05) is 17.7 Å². The third kappa shape index (κ3) is 2.25. The summed E-state index contributed by atoms with van der Waals surface area (Å²) in [6, 6.07) is 8.83. The van der Waals surface area contributed by atoms with Crippen LogP contribution in [0, 0.1) is 6.92 Å². The van der Waals surface area contributed by atoms with Crippen molar-refractivity contribution in [2.45, 2.75) is 6.92 Å². The Morgan fingerprint density at radius 3 is 2.73 bits per heavy atom. The minimum absolute atomic E-state index is 0.0735. The van der Waals surface area contributed by atoms with Crippen LogP contribution in [0.2, 0.25) is 4.34 Å².